The topological polar surface area (TPSA) is 81.7 Å². The van der Waals surface area contributed by atoms with E-state index in [1.54, 1.807) is 0 Å². The fourth-order valence-electron chi connectivity index (χ4n) is 1.58. The third-order valence-electron chi connectivity index (χ3n) is 2.60. The number of amides is 1. The van der Waals surface area contributed by atoms with Crippen molar-refractivity contribution < 1.29 is 37.0 Å². The molecule has 0 radical (unpaired) electrons. The number of halogens is 3. The number of hydrogen-bond donors (Lipinski definition) is 1. The summed E-state index contributed by atoms with van der Waals surface area (Å²) in [6.45, 7) is 2.78. The second kappa shape index (κ2) is 8.16. The van der Waals surface area contributed by atoms with Gasteiger partial charge in [-0.25, -0.2) is 22.8 Å². The van der Waals surface area contributed by atoms with Crippen LogP contribution in [0.1, 0.15) is 24.2 Å². The Labute approximate surface area is 129 Å². The van der Waals surface area contributed by atoms with Gasteiger partial charge in [0.2, 0.25) is 6.04 Å². The highest BCUT2D eigenvalue weighted by Crippen LogP contribution is 2.15. The minimum atomic E-state index is -1.85. The Hall–Kier alpha value is -2.58. The number of rotatable bonds is 6. The van der Waals surface area contributed by atoms with Crippen molar-refractivity contribution in [3.8, 4) is 0 Å². The van der Waals surface area contributed by atoms with Gasteiger partial charge in [0.25, 0.3) is 5.91 Å². The zero-order valence-corrected chi connectivity index (χ0v) is 12.3. The van der Waals surface area contributed by atoms with Crippen molar-refractivity contribution in [1.29, 1.82) is 0 Å². The van der Waals surface area contributed by atoms with E-state index in [0.29, 0.717) is 12.1 Å². The lowest BCUT2D eigenvalue weighted by Gasteiger charge is -2.16. The first-order valence-corrected chi connectivity index (χ1v) is 6.61. The van der Waals surface area contributed by atoms with Gasteiger partial charge in [-0.1, -0.05) is 0 Å². The van der Waals surface area contributed by atoms with Crippen LogP contribution in [0.15, 0.2) is 12.1 Å². The molecule has 9 heteroatoms. The van der Waals surface area contributed by atoms with E-state index in [9.17, 15) is 27.6 Å². The average Bonchev–Trinajstić information content (AvgIpc) is 2.50. The Morgan fingerprint density at radius 1 is 1.00 bits per heavy atom. The second-order valence-electron chi connectivity index (χ2n) is 4.13. The summed E-state index contributed by atoms with van der Waals surface area (Å²) in [5, 5.41) is 1.87. The van der Waals surface area contributed by atoms with E-state index < -0.39 is 46.9 Å². The summed E-state index contributed by atoms with van der Waals surface area (Å²) in [5.74, 6) is -8.61. The summed E-state index contributed by atoms with van der Waals surface area (Å²) in [6, 6.07) is -0.636. The summed E-state index contributed by atoms with van der Waals surface area (Å²) in [4.78, 5) is 35.2. The zero-order chi connectivity index (χ0) is 17.6. The maximum absolute atomic E-state index is 13.6. The first-order chi connectivity index (χ1) is 10.8. The van der Waals surface area contributed by atoms with Gasteiger partial charge in [0.05, 0.1) is 18.8 Å². The minimum Gasteiger partial charge on any atom is -0.464 e. The Morgan fingerprint density at radius 2 is 1.52 bits per heavy atom. The van der Waals surface area contributed by atoms with Gasteiger partial charge in [0.15, 0.2) is 17.5 Å². The van der Waals surface area contributed by atoms with Crippen LogP contribution in [0.2, 0.25) is 0 Å². The van der Waals surface area contributed by atoms with Gasteiger partial charge in [-0.3, -0.25) is 4.79 Å². The van der Waals surface area contributed by atoms with Crippen LogP contribution >= 0.6 is 0 Å². The molecular formula is C14H14F3NO5. The lowest BCUT2D eigenvalue weighted by molar-refractivity contribution is -0.157. The number of benzene rings is 1. The fraction of sp³-hybridized carbons (Fsp3) is 0.357. The molecule has 1 N–H and O–H groups in total. The van der Waals surface area contributed by atoms with Crippen LogP contribution in [-0.4, -0.2) is 37.1 Å². The molecule has 23 heavy (non-hydrogen) atoms. The molecule has 0 spiro atoms. The molecule has 0 atom stereocenters. The summed E-state index contributed by atoms with van der Waals surface area (Å²) in [6.07, 6.45) is 0. The van der Waals surface area contributed by atoms with Crippen LogP contribution in [-0.2, 0) is 19.1 Å². The number of carbonyl (C=O) groups excluding carboxylic acids is 3. The Kier molecular flexibility index (Phi) is 6.55. The number of carbonyl (C=O) groups is 3. The van der Waals surface area contributed by atoms with Crippen molar-refractivity contribution in [1.82, 2.24) is 5.32 Å². The molecule has 0 aliphatic rings. The molecule has 1 aromatic rings. The standard InChI is InChI=1S/C14H14F3NO5/c1-3-22-13(20)11(14(21)23-4-2)18-12(19)7-5-6-8(15)10(17)9(7)16/h5-6,11H,3-4H2,1-2H3,(H,18,19). The number of hydrogen-bond acceptors (Lipinski definition) is 5. The zero-order valence-electron chi connectivity index (χ0n) is 12.3. The molecule has 0 aliphatic carbocycles. The molecule has 0 bridgehead atoms. The van der Waals surface area contributed by atoms with Crippen molar-refractivity contribution >= 4 is 17.8 Å². The van der Waals surface area contributed by atoms with E-state index in [4.69, 9.17) is 0 Å². The van der Waals surface area contributed by atoms with Crippen molar-refractivity contribution in [2.75, 3.05) is 13.2 Å². The van der Waals surface area contributed by atoms with Crippen LogP contribution < -0.4 is 5.32 Å². The van der Waals surface area contributed by atoms with E-state index in [0.717, 1.165) is 0 Å². The third kappa shape index (κ3) is 4.44. The van der Waals surface area contributed by atoms with Crippen LogP contribution in [0.5, 0.6) is 0 Å². The monoisotopic (exact) mass is 333 g/mol. The molecule has 0 saturated heterocycles. The fourth-order valence-corrected chi connectivity index (χ4v) is 1.58. The van der Waals surface area contributed by atoms with Gasteiger partial charge in [0.1, 0.15) is 0 Å². The largest absolute Gasteiger partial charge is 0.464 e. The summed E-state index contributed by atoms with van der Waals surface area (Å²) in [5.41, 5.74) is -0.873. The summed E-state index contributed by atoms with van der Waals surface area (Å²) >= 11 is 0. The maximum Gasteiger partial charge on any atom is 0.340 e. The van der Waals surface area contributed by atoms with E-state index in [2.05, 4.69) is 9.47 Å². The average molecular weight is 333 g/mol. The number of ether oxygens (including phenoxy) is 2. The van der Waals surface area contributed by atoms with Gasteiger partial charge in [0, 0.05) is 0 Å². The molecule has 0 saturated carbocycles. The summed E-state index contributed by atoms with van der Waals surface area (Å²) < 4.78 is 48.7. The molecule has 126 valence electrons. The van der Waals surface area contributed by atoms with Crippen molar-refractivity contribution in [2.24, 2.45) is 0 Å². The minimum absolute atomic E-state index is 0.0792. The molecule has 0 fully saturated rings. The molecule has 1 aromatic carbocycles. The van der Waals surface area contributed by atoms with E-state index in [1.807, 2.05) is 5.32 Å². The Bertz CT molecular complexity index is 603. The molecule has 0 aromatic heterocycles. The highest BCUT2D eigenvalue weighted by Gasteiger charge is 2.32. The number of nitrogens with one attached hydrogen (secondary N) is 1. The van der Waals surface area contributed by atoms with Gasteiger partial charge < -0.3 is 14.8 Å². The highest BCUT2D eigenvalue weighted by molar-refractivity contribution is 6.05. The van der Waals surface area contributed by atoms with Crippen LogP contribution in [0.25, 0.3) is 0 Å². The third-order valence-corrected chi connectivity index (χ3v) is 2.60. The molecule has 0 heterocycles. The van der Waals surface area contributed by atoms with Gasteiger partial charge >= 0.3 is 11.9 Å². The first-order valence-electron chi connectivity index (χ1n) is 6.61. The van der Waals surface area contributed by atoms with E-state index in [-0.39, 0.29) is 13.2 Å². The lowest BCUT2D eigenvalue weighted by Crippen LogP contribution is -2.48. The first kappa shape index (κ1) is 18.5. The van der Waals surface area contributed by atoms with Crippen molar-refractivity contribution in [3.05, 3.63) is 35.1 Å². The van der Waals surface area contributed by atoms with Gasteiger partial charge in [-0.05, 0) is 26.0 Å². The van der Waals surface area contributed by atoms with E-state index >= 15 is 0 Å². The van der Waals surface area contributed by atoms with Gasteiger partial charge in [-0.2, -0.15) is 0 Å². The molecule has 0 aliphatic heterocycles. The molecular weight excluding hydrogens is 319 g/mol. The van der Waals surface area contributed by atoms with Crippen molar-refractivity contribution in [2.45, 2.75) is 19.9 Å². The predicted molar refractivity (Wildman–Crippen MR) is 70.8 cm³/mol. The summed E-state index contributed by atoms with van der Waals surface area (Å²) in [7, 11) is 0. The maximum atomic E-state index is 13.6. The Balaban J connectivity index is 3.03. The smallest absolute Gasteiger partial charge is 0.340 e. The molecule has 1 amide bonds. The number of esters is 2. The van der Waals surface area contributed by atoms with E-state index in [1.165, 1.54) is 13.8 Å². The van der Waals surface area contributed by atoms with Crippen LogP contribution in [0.3, 0.4) is 0 Å². The molecule has 0 unspecified atom stereocenters. The van der Waals surface area contributed by atoms with Crippen LogP contribution in [0.4, 0.5) is 13.2 Å². The van der Waals surface area contributed by atoms with Crippen LogP contribution in [0, 0.1) is 17.5 Å². The quantitative estimate of drug-likeness (QED) is 0.482. The molecule has 1 rings (SSSR count). The lowest BCUT2D eigenvalue weighted by atomic mass is 10.1. The SMILES string of the molecule is CCOC(=O)C(NC(=O)c1ccc(F)c(F)c1F)C(=O)OCC. The predicted octanol–water partition coefficient (Wildman–Crippen LogP) is 1.33. The normalized spacial score (nSPS) is 10.3. The Morgan fingerprint density at radius 3 is 2.00 bits per heavy atom. The van der Waals surface area contributed by atoms with Gasteiger partial charge in [-0.15, -0.1) is 0 Å². The second-order valence-corrected chi connectivity index (χ2v) is 4.13. The van der Waals surface area contributed by atoms with Crippen molar-refractivity contribution in [3.63, 3.8) is 0 Å². The highest BCUT2D eigenvalue weighted by atomic mass is 19.2. The molecule has 6 nitrogen and oxygen atoms in total.